The Bertz CT molecular complexity index is 1250. The summed E-state index contributed by atoms with van der Waals surface area (Å²) in [4.78, 5) is 25.1. The van der Waals surface area contributed by atoms with Gasteiger partial charge in [-0.2, -0.15) is 15.6 Å². The van der Waals surface area contributed by atoms with E-state index in [4.69, 9.17) is 5.21 Å². The number of nitrogens with one attached hydrogen (secondary N) is 4. The van der Waals surface area contributed by atoms with Crippen molar-refractivity contribution in [1.82, 2.24) is 15.1 Å². The fourth-order valence-electron chi connectivity index (χ4n) is 2.70. The molecule has 0 radical (unpaired) electrons. The molecule has 4 aromatic rings. The van der Waals surface area contributed by atoms with Crippen LogP contribution in [0, 0.1) is 20.2 Å². The summed E-state index contributed by atoms with van der Waals surface area (Å²) in [5.41, 5.74) is -0.214. The van der Waals surface area contributed by atoms with E-state index in [1.807, 2.05) is 0 Å². The number of hydrogen-bond donors (Lipinski definition) is 6. The molecule has 0 amide bonds. The van der Waals surface area contributed by atoms with Crippen LogP contribution in [0.15, 0.2) is 35.0 Å². The van der Waals surface area contributed by atoms with Crippen molar-refractivity contribution in [3.8, 4) is 5.69 Å². The largest absolute Gasteiger partial charge is 0.595 e. The number of aromatic nitrogens is 5. The molecule has 0 saturated carbocycles. The Kier molecular flexibility index (Phi) is 3.44. The average Bonchev–Trinajstić information content (AvgIpc) is 3.14. The third-order valence-corrected chi connectivity index (χ3v) is 3.88. The first kappa shape index (κ1) is 16.1. The second-order valence-corrected chi connectivity index (χ2v) is 5.35. The normalized spacial score (nSPS) is 14.2. The zero-order valence-electron chi connectivity index (χ0n) is 12.7. The van der Waals surface area contributed by atoms with Gasteiger partial charge in [0.2, 0.25) is 11.2 Å². The van der Waals surface area contributed by atoms with E-state index < -0.39 is 16.1 Å². The monoisotopic (exact) mass is 365 g/mol. The summed E-state index contributed by atoms with van der Waals surface area (Å²) in [6.45, 7) is 0. The fraction of sp³-hybridized carbons (Fsp3) is 0. The molecule has 6 N–H and O–H groups in total. The van der Waals surface area contributed by atoms with Gasteiger partial charge in [0.15, 0.2) is 16.0 Å². The predicted octanol–water partition coefficient (Wildman–Crippen LogP) is -2.33. The Morgan fingerprint density at radius 2 is 1.88 bits per heavy atom. The maximum absolute atomic E-state index is 12.7. The maximum atomic E-state index is 12.7. The van der Waals surface area contributed by atoms with Crippen molar-refractivity contribution in [3.63, 3.8) is 0 Å². The third kappa shape index (κ3) is 2.23. The molecule has 0 saturated heterocycles. The Labute approximate surface area is 140 Å². The molecule has 0 aliphatic carbocycles. The number of H-pyrrole nitrogens is 2. The first-order chi connectivity index (χ1) is 12.4. The van der Waals surface area contributed by atoms with E-state index >= 15 is 0 Å². The molecule has 14 nitrogen and oxygen atoms in total. The number of quaternary nitrogens is 2. The van der Waals surface area contributed by atoms with Crippen LogP contribution in [0.5, 0.6) is 0 Å². The number of hydrogen-bond acceptors (Lipinski definition) is 7. The molecule has 2 atom stereocenters. The van der Waals surface area contributed by atoms with Crippen LogP contribution < -0.4 is 19.6 Å². The van der Waals surface area contributed by atoms with Crippen LogP contribution in [0.3, 0.4) is 0 Å². The van der Waals surface area contributed by atoms with Crippen LogP contribution in [0.25, 0.3) is 27.8 Å². The molecular formula is C12H11N7O7+2. The van der Waals surface area contributed by atoms with E-state index in [-0.39, 0.29) is 32.5 Å². The molecule has 0 bridgehead atoms. The molecule has 2 aromatic heterocycles. The topological polar surface area (TPSA) is 191 Å². The molecule has 4 rings (SSSR count). The van der Waals surface area contributed by atoms with Crippen molar-refractivity contribution in [1.29, 1.82) is 0 Å². The lowest BCUT2D eigenvalue weighted by molar-refractivity contribution is -0.996. The highest BCUT2D eigenvalue weighted by Gasteiger charge is 2.28. The van der Waals surface area contributed by atoms with Gasteiger partial charge >= 0.3 is 5.52 Å². The third-order valence-electron chi connectivity index (χ3n) is 3.88. The second kappa shape index (κ2) is 5.56. The number of benzene rings is 2. The van der Waals surface area contributed by atoms with Gasteiger partial charge in [-0.05, 0) is 26.7 Å². The first-order valence-electron chi connectivity index (χ1n) is 7.10. The summed E-state index contributed by atoms with van der Waals surface area (Å²) >= 11 is 0. The zero-order valence-corrected chi connectivity index (χ0v) is 12.7. The number of rotatable bonds is 3. The standard InChI is InChI=1S/C12H11N7O7/c20-16-12-7(2-4-9-11(12)14-26-19(9)25)13-15(16)8-3-1-6(17(21)22)5-10(8)18(23)24/h1-5,13-14,17-18,21,23H/q+2. The summed E-state index contributed by atoms with van der Waals surface area (Å²) in [6.07, 6.45) is 0. The van der Waals surface area contributed by atoms with Gasteiger partial charge in [0.25, 0.3) is 11.0 Å². The number of fused-ring (bicyclic) bond motifs is 3. The van der Waals surface area contributed by atoms with Crippen LogP contribution in [0.2, 0.25) is 0 Å². The quantitative estimate of drug-likeness (QED) is 0.173. The van der Waals surface area contributed by atoms with Gasteiger partial charge in [0.05, 0.1) is 10.6 Å². The van der Waals surface area contributed by atoms with E-state index in [0.717, 1.165) is 10.9 Å². The highest BCUT2D eigenvalue weighted by molar-refractivity contribution is 5.95. The molecule has 2 aromatic carbocycles. The van der Waals surface area contributed by atoms with Gasteiger partial charge in [0, 0.05) is 12.1 Å². The first-order valence-corrected chi connectivity index (χ1v) is 7.10. The van der Waals surface area contributed by atoms with Gasteiger partial charge in [-0.15, -0.1) is 0 Å². The van der Waals surface area contributed by atoms with Gasteiger partial charge in [0.1, 0.15) is 0 Å². The minimum Gasteiger partial charge on any atom is -0.595 e. The van der Waals surface area contributed by atoms with Crippen molar-refractivity contribution < 1.29 is 34.6 Å². The van der Waals surface area contributed by atoms with Crippen LogP contribution >= 0.6 is 0 Å². The Morgan fingerprint density at radius 1 is 1.12 bits per heavy atom. The van der Waals surface area contributed by atoms with Crippen molar-refractivity contribution >= 4 is 33.4 Å². The molecule has 2 heterocycles. The van der Waals surface area contributed by atoms with E-state index in [1.54, 1.807) is 0 Å². The van der Waals surface area contributed by atoms with Crippen LogP contribution in [0.1, 0.15) is 0 Å². The van der Waals surface area contributed by atoms with Crippen LogP contribution in [-0.2, 0) is 0 Å². The molecule has 14 heteroatoms. The minimum absolute atomic E-state index is 0.0134. The van der Waals surface area contributed by atoms with E-state index in [0.29, 0.717) is 10.1 Å². The summed E-state index contributed by atoms with van der Waals surface area (Å²) in [5, 5.41) is 43.3. The Hall–Kier alpha value is -3.40. The van der Waals surface area contributed by atoms with E-state index in [2.05, 4.69) is 14.9 Å². The highest BCUT2D eigenvalue weighted by atomic mass is 16.8. The van der Waals surface area contributed by atoms with Gasteiger partial charge in [-0.25, -0.2) is 10.4 Å². The molecule has 0 aliphatic rings. The molecule has 0 aliphatic heterocycles. The van der Waals surface area contributed by atoms with E-state index in [1.165, 1.54) is 24.3 Å². The summed E-state index contributed by atoms with van der Waals surface area (Å²) < 4.78 is 5.13. The van der Waals surface area contributed by atoms with Crippen molar-refractivity contribution in [2.24, 2.45) is 0 Å². The summed E-state index contributed by atoms with van der Waals surface area (Å²) in [7, 11) is 0. The molecular weight excluding hydrogens is 354 g/mol. The van der Waals surface area contributed by atoms with Crippen molar-refractivity contribution in [2.75, 3.05) is 0 Å². The van der Waals surface area contributed by atoms with E-state index in [9.17, 15) is 25.4 Å². The maximum Gasteiger partial charge on any atom is 0.304 e. The molecule has 0 spiro atoms. The lowest BCUT2D eigenvalue weighted by Crippen LogP contribution is -3.01. The summed E-state index contributed by atoms with van der Waals surface area (Å²) in [6, 6.07) is 6.18. The molecule has 26 heavy (non-hydrogen) atoms. The molecule has 2 unspecified atom stereocenters. The van der Waals surface area contributed by atoms with Gasteiger partial charge < -0.3 is 10.4 Å². The smallest absolute Gasteiger partial charge is 0.304 e. The number of aromatic amines is 2. The lowest BCUT2D eigenvalue weighted by atomic mass is 10.2. The lowest BCUT2D eigenvalue weighted by Gasteiger charge is -2.16. The fourth-order valence-corrected chi connectivity index (χ4v) is 2.70. The number of nitrogens with zero attached hydrogens (tertiary/aromatic N) is 3. The molecule has 134 valence electrons. The Balaban J connectivity index is 2.04. The van der Waals surface area contributed by atoms with Gasteiger partial charge in [-0.3, -0.25) is 0 Å². The highest BCUT2D eigenvalue weighted by Crippen LogP contribution is 2.21. The summed E-state index contributed by atoms with van der Waals surface area (Å²) in [5.74, 6) is 0. The molecule has 0 fully saturated rings. The average molecular weight is 365 g/mol. The van der Waals surface area contributed by atoms with Crippen molar-refractivity contribution in [2.45, 2.75) is 0 Å². The van der Waals surface area contributed by atoms with Crippen LogP contribution in [0.4, 0.5) is 11.4 Å². The SMILES string of the molecule is O=[n+]1o[nH]c2c1ccc1[nH]n(-c3ccc([NH+]([O-])O)cc3[NH+]([O-])O)[n+](=O)c12. The minimum atomic E-state index is -1.41. The predicted molar refractivity (Wildman–Crippen MR) is 80.0 cm³/mol. The Morgan fingerprint density at radius 3 is 2.58 bits per heavy atom. The van der Waals surface area contributed by atoms with Crippen LogP contribution in [-0.4, -0.2) is 25.5 Å². The van der Waals surface area contributed by atoms with Gasteiger partial charge in [-0.1, -0.05) is 9.79 Å². The van der Waals surface area contributed by atoms with Crippen molar-refractivity contribution in [3.05, 3.63) is 50.6 Å². The second-order valence-electron chi connectivity index (χ2n) is 5.35. The zero-order chi connectivity index (χ0) is 18.6.